The lowest BCUT2D eigenvalue weighted by molar-refractivity contribution is -0.146. The number of H-pyrrole nitrogens is 1. The molecule has 1 aliphatic rings. The van der Waals surface area contributed by atoms with Gasteiger partial charge in [-0.1, -0.05) is 37.3 Å². The number of methoxy groups -OCH3 is 1. The van der Waals surface area contributed by atoms with Crippen LogP contribution in [0.2, 0.25) is 0 Å². The van der Waals surface area contributed by atoms with Crippen LogP contribution < -0.4 is 5.56 Å². The minimum absolute atomic E-state index is 0.0712. The van der Waals surface area contributed by atoms with Crippen LogP contribution in [0.4, 0.5) is 0 Å². The second-order valence-corrected chi connectivity index (χ2v) is 10.3. The van der Waals surface area contributed by atoms with Crippen molar-refractivity contribution in [3.8, 4) is 0 Å². The van der Waals surface area contributed by atoms with E-state index in [4.69, 9.17) is 4.74 Å². The quantitative estimate of drug-likeness (QED) is 0.466. The molecule has 1 atom stereocenters. The summed E-state index contributed by atoms with van der Waals surface area (Å²) in [6.07, 6.45) is 3.07. The summed E-state index contributed by atoms with van der Waals surface area (Å²) in [6.45, 7) is 2.46. The molecule has 1 unspecified atom stereocenters. The molecule has 0 radical (unpaired) electrons. The maximum atomic E-state index is 13.0. The number of rotatable bonds is 9. The molecule has 0 aliphatic heterocycles. The standard InChI is InChI=1S/C24H27N3O4S2/c1-15(24(30)31-2)11-27(12-16-7-4-3-5-8-16)20(28)14-32-13-19-25-22(29)21-17-9-6-10-18(17)33-23(21)26-19/h3-5,7-8,15H,6,9-14H2,1-2H3,(H,25,26,29). The Bertz CT molecular complexity index is 1210. The molecule has 9 heteroatoms. The first-order valence-electron chi connectivity index (χ1n) is 11.0. The number of nitrogens with one attached hydrogen (secondary N) is 1. The van der Waals surface area contributed by atoms with Gasteiger partial charge >= 0.3 is 5.97 Å². The molecule has 7 nitrogen and oxygen atoms in total. The first-order valence-corrected chi connectivity index (χ1v) is 12.9. The Hall–Kier alpha value is -2.65. The van der Waals surface area contributed by atoms with Crippen molar-refractivity contribution in [2.75, 3.05) is 19.4 Å². The van der Waals surface area contributed by atoms with E-state index in [0.717, 1.165) is 40.6 Å². The fourth-order valence-electron chi connectivity index (χ4n) is 4.11. The zero-order valence-corrected chi connectivity index (χ0v) is 20.4. The third-order valence-corrected chi connectivity index (χ3v) is 7.87. The van der Waals surface area contributed by atoms with Gasteiger partial charge in [-0.05, 0) is 30.4 Å². The number of amides is 1. The third-order valence-electron chi connectivity index (χ3n) is 5.76. The van der Waals surface area contributed by atoms with E-state index in [0.29, 0.717) is 18.1 Å². The number of thioether (sulfide) groups is 1. The van der Waals surface area contributed by atoms with Crippen LogP contribution in [-0.2, 0) is 39.5 Å². The molecule has 0 spiro atoms. The van der Waals surface area contributed by atoms with Crippen molar-refractivity contribution >= 4 is 45.2 Å². The van der Waals surface area contributed by atoms with Gasteiger partial charge in [0.05, 0.1) is 29.9 Å². The number of esters is 1. The van der Waals surface area contributed by atoms with E-state index in [9.17, 15) is 14.4 Å². The number of carbonyl (C=O) groups is 2. The number of ether oxygens (including phenoxy) is 1. The molecule has 1 aromatic carbocycles. The van der Waals surface area contributed by atoms with E-state index in [-0.39, 0.29) is 29.7 Å². The highest BCUT2D eigenvalue weighted by atomic mass is 32.2. The molecular weight excluding hydrogens is 458 g/mol. The zero-order chi connectivity index (χ0) is 23.4. The molecule has 1 N–H and O–H groups in total. The SMILES string of the molecule is COC(=O)C(C)CN(Cc1ccccc1)C(=O)CSCc1nc2sc3c(c2c(=O)[nH]1)CCC3. The van der Waals surface area contributed by atoms with E-state index < -0.39 is 5.92 Å². The van der Waals surface area contributed by atoms with Gasteiger partial charge in [0.2, 0.25) is 5.91 Å². The van der Waals surface area contributed by atoms with Gasteiger partial charge in [0.15, 0.2) is 0 Å². The molecule has 33 heavy (non-hydrogen) atoms. The van der Waals surface area contributed by atoms with Gasteiger partial charge in [0, 0.05) is 18.0 Å². The van der Waals surface area contributed by atoms with Gasteiger partial charge in [-0.15, -0.1) is 23.1 Å². The van der Waals surface area contributed by atoms with Crippen LogP contribution in [0.1, 0.15) is 35.2 Å². The largest absolute Gasteiger partial charge is 0.469 e. The lowest BCUT2D eigenvalue weighted by Crippen LogP contribution is -2.37. The van der Waals surface area contributed by atoms with E-state index in [1.54, 1.807) is 23.2 Å². The number of hydrogen-bond donors (Lipinski definition) is 1. The fraction of sp³-hybridized carbons (Fsp3) is 0.417. The molecule has 1 amide bonds. The van der Waals surface area contributed by atoms with Crippen LogP contribution in [0.15, 0.2) is 35.1 Å². The summed E-state index contributed by atoms with van der Waals surface area (Å²) in [4.78, 5) is 48.9. The average Bonchev–Trinajstić information content (AvgIpc) is 3.39. The fourth-order valence-corrected chi connectivity index (χ4v) is 6.18. The molecule has 1 aliphatic carbocycles. The van der Waals surface area contributed by atoms with E-state index in [1.165, 1.54) is 23.7 Å². The summed E-state index contributed by atoms with van der Waals surface area (Å²) < 4.78 is 4.83. The third kappa shape index (κ3) is 5.47. The summed E-state index contributed by atoms with van der Waals surface area (Å²) in [7, 11) is 1.35. The van der Waals surface area contributed by atoms with Gasteiger partial charge in [0.25, 0.3) is 5.56 Å². The maximum Gasteiger partial charge on any atom is 0.310 e. The zero-order valence-electron chi connectivity index (χ0n) is 18.8. The molecule has 4 rings (SSSR count). The molecule has 0 bridgehead atoms. The van der Waals surface area contributed by atoms with Gasteiger partial charge in [-0.25, -0.2) is 4.98 Å². The van der Waals surface area contributed by atoms with Crippen molar-refractivity contribution < 1.29 is 14.3 Å². The molecule has 0 saturated carbocycles. The Labute approximate surface area is 200 Å². The molecular formula is C24H27N3O4S2. The van der Waals surface area contributed by atoms with Crippen molar-refractivity contribution in [2.45, 2.75) is 38.5 Å². The highest BCUT2D eigenvalue weighted by Gasteiger charge is 2.23. The van der Waals surface area contributed by atoms with Crippen molar-refractivity contribution in [3.63, 3.8) is 0 Å². The van der Waals surface area contributed by atoms with E-state index in [1.807, 2.05) is 30.3 Å². The van der Waals surface area contributed by atoms with Crippen molar-refractivity contribution in [3.05, 3.63) is 62.5 Å². The average molecular weight is 486 g/mol. The van der Waals surface area contributed by atoms with Crippen molar-refractivity contribution in [2.24, 2.45) is 5.92 Å². The predicted molar refractivity (Wildman–Crippen MR) is 131 cm³/mol. The van der Waals surface area contributed by atoms with Crippen LogP contribution in [0, 0.1) is 5.92 Å². The maximum absolute atomic E-state index is 13.0. The van der Waals surface area contributed by atoms with Gasteiger partial charge in [-0.3, -0.25) is 14.4 Å². The van der Waals surface area contributed by atoms with Crippen LogP contribution in [0.25, 0.3) is 10.2 Å². The summed E-state index contributed by atoms with van der Waals surface area (Å²) in [6, 6.07) is 9.69. The summed E-state index contributed by atoms with van der Waals surface area (Å²) in [5, 5.41) is 0.739. The molecule has 2 heterocycles. The minimum atomic E-state index is -0.422. The molecule has 2 aromatic heterocycles. The van der Waals surface area contributed by atoms with Gasteiger partial charge in [-0.2, -0.15) is 0 Å². The molecule has 3 aromatic rings. The number of aromatic nitrogens is 2. The Morgan fingerprint density at radius 1 is 1.27 bits per heavy atom. The van der Waals surface area contributed by atoms with Crippen LogP contribution in [0.5, 0.6) is 0 Å². The second kappa shape index (κ2) is 10.5. The number of hydrogen-bond acceptors (Lipinski definition) is 7. The normalized spacial score (nSPS) is 13.6. The van der Waals surface area contributed by atoms with Crippen molar-refractivity contribution in [1.29, 1.82) is 0 Å². The molecule has 174 valence electrons. The Balaban J connectivity index is 1.41. The van der Waals surface area contributed by atoms with Crippen LogP contribution in [0.3, 0.4) is 0 Å². The highest BCUT2D eigenvalue weighted by Crippen LogP contribution is 2.34. The number of nitrogens with zero attached hydrogens (tertiary/aromatic N) is 2. The monoisotopic (exact) mass is 485 g/mol. The summed E-state index contributed by atoms with van der Waals surface area (Å²) in [5.41, 5.74) is 2.07. The molecule has 0 saturated heterocycles. The Morgan fingerprint density at radius 2 is 2.06 bits per heavy atom. The second-order valence-electron chi connectivity index (χ2n) is 8.23. The Kier molecular flexibility index (Phi) is 7.49. The van der Waals surface area contributed by atoms with Crippen LogP contribution in [-0.4, -0.2) is 46.2 Å². The first kappa shape index (κ1) is 23.5. The lowest BCUT2D eigenvalue weighted by Gasteiger charge is -2.25. The number of carbonyl (C=O) groups excluding carboxylic acids is 2. The number of aryl methyl sites for hydroxylation is 2. The number of thiophene rings is 1. The predicted octanol–water partition coefficient (Wildman–Crippen LogP) is 3.54. The first-order chi connectivity index (χ1) is 16.0. The van der Waals surface area contributed by atoms with Gasteiger partial charge < -0.3 is 14.6 Å². The number of benzene rings is 1. The highest BCUT2D eigenvalue weighted by molar-refractivity contribution is 7.99. The van der Waals surface area contributed by atoms with Crippen molar-refractivity contribution in [1.82, 2.24) is 14.9 Å². The topological polar surface area (TPSA) is 92.4 Å². The Morgan fingerprint density at radius 3 is 2.82 bits per heavy atom. The molecule has 0 fully saturated rings. The summed E-state index contributed by atoms with van der Waals surface area (Å²) in [5.74, 6) is 0.412. The van der Waals surface area contributed by atoms with E-state index >= 15 is 0 Å². The number of fused-ring (bicyclic) bond motifs is 3. The smallest absolute Gasteiger partial charge is 0.310 e. The minimum Gasteiger partial charge on any atom is -0.469 e. The van der Waals surface area contributed by atoms with Crippen LogP contribution >= 0.6 is 23.1 Å². The lowest BCUT2D eigenvalue weighted by atomic mass is 10.1. The number of aromatic amines is 1. The van der Waals surface area contributed by atoms with E-state index in [2.05, 4.69) is 9.97 Å². The van der Waals surface area contributed by atoms with Gasteiger partial charge in [0.1, 0.15) is 10.7 Å². The summed E-state index contributed by atoms with van der Waals surface area (Å²) >= 11 is 3.02.